The van der Waals surface area contributed by atoms with E-state index in [1.54, 1.807) is 0 Å². The van der Waals surface area contributed by atoms with Gasteiger partial charge in [0.25, 0.3) is 0 Å². The summed E-state index contributed by atoms with van der Waals surface area (Å²) in [7, 11) is 5.07. The Labute approximate surface area is 390 Å². The fourth-order valence-electron chi connectivity index (χ4n) is 7.34. The van der Waals surface area contributed by atoms with Crippen molar-refractivity contribution in [2.75, 3.05) is 38.0 Å². The van der Waals surface area contributed by atoms with E-state index in [1.165, 1.54) is 44.8 Å². The molecule has 0 spiro atoms. The number of hydrogen-bond acceptors (Lipinski definition) is 4. The van der Waals surface area contributed by atoms with Crippen LogP contribution < -0.4 is 19.8 Å². The molecule has 0 aliphatic rings. The SMILES string of the molecule is CC/C(=C\c1cc(-c2ccccc2)cc(-c2ccccc2)[o+]1)c1ccc(N(C)C)cc1.CC/C(=C\c1cc(-c2ccccc2)cc(-c2ccccc2)[o+]1)c1ccc(N(C)C)cc1.[O-]B([O-])F. The third kappa shape index (κ3) is 13.8. The van der Waals surface area contributed by atoms with Crippen molar-refractivity contribution in [1.82, 2.24) is 0 Å². The molecule has 8 heteroatoms. The van der Waals surface area contributed by atoms with Gasteiger partial charge in [0, 0.05) is 62.8 Å². The van der Waals surface area contributed by atoms with Gasteiger partial charge < -0.3 is 24.2 Å². The summed E-state index contributed by atoms with van der Waals surface area (Å²) < 4.78 is 22.6. The third-order valence-electron chi connectivity index (χ3n) is 10.9. The van der Waals surface area contributed by atoms with Gasteiger partial charge in [-0.3, -0.25) is 0 Å². The van der Waals surface area contributed by atoms with Crippen molar-refractivity contribution < 1.29 is 23.2 Å². The van der Waals surface area contributed by atoms with E-state index in [2.05, 4.69) is 210 Å². The van der Waals surface area contributed by atoms with Crippen molar-refractivity contribution in [2.24, 2.45) is 0 Å². The average molecular weight is 875 g/mol. The van der Waals surface area contributed by atoms with Gasteiger partial charge in [-0.2, -0.15) is 0 Å². The second-order valence-corrected chi connectivity index (χ2v) is 15.9. The Kier molecular flexibility index (Phi) is 17.5. The number of benzene rings is 6. The highest BCUT2D eigenvalue weighted by atomic mass is 19.1. The minimum absolute atomic E-state index is 0.855. The van der Waals surface area contributed by atoms with Crippen LogP contribution in [0.2, 0.25) is 0 Å². The molecule has 2 heterocycles. The van der Waals surface area contributed by atoms with Crippen LogP contribution in [0.5, 0.6) is 0 Å². The highest BCUT2D eigenvalue weighted by molar-refractivity contribution is 6.27. The molecule has 2 aromatic heterocycles. The van der Waals surface area contributed by atoms with Crippen LogP contribution in [0, 0.1) is 0 Å². The van der Waals surface area contributed by atoms with Gasteiger partial charge in [-0.05, 0) is 94.8 Å². The van der Waals surface area contributed by atoms with Gasteiger partial charge in [-0.25, -0.2) is 8.83 Å². The molecule has 6 nitrogen and oxygen atoms in total. The molecule has 0 saturated carbocycles. The Balaban J connectivity index is 0.000000202. The maximum atomic E-state index is 9.89. The lowest BCUT2D eigenvalue weighted by atomic mass is 10.00. The minimum Gasteiger partial charge on any atom is -0.867 e. The number of rotatable bonds is 12. The number of halogens is 1. The molecule has 0 atom stereocenters. The van der Waals surface area contributed by atoms with Crippen molar-refractivity contribution in [1.29, 1.82) is 0 Å². The topological polar surface area (TPSA) is 75.2 Å². The Hall–Kier alpha value is -7.39. The number of allylic oxidation sites excluding steroid dienone is 2. The van der Waals surface area contributed by atoms with Gasteiger partial charge in [-0.1, -0.05) is 135 Å². The monoisotopic (exact) mass is 874 g/mol. The van der Waals surface area contributed by atoms with E-state index < -0.39 is 7.40 Å². The van der Waals surface area contributed by atoms with Crippen LogP contribution in [0.15, 0.2) is 203 Å². The molecule has 8 rings (SSSR count). The predicted molar refractivity (Wildman–Crippen MR) is 273 cm³/mol. The van der Waals surface area contributed by atoms with Crippen molar-refractivity contribution >= 4 is 42.1 Å². The number of anilines is 2. The zero-order valence-corrected chi connectivity index (χ0v) is 38.5. The summed E-state index contributed by atoms with van der Waals surface area (Å²) in [5.74, 6) is 3.45. The van der Waals surface area contributed by atoms with Crippen molar-refractivity contribution in [3.8, 4) is 44.9 Å². The first-order chi connectivity index (χ1) is 32.0. The summed E-state index contributed by atoms with van der Waals surface area (Å²) in [5.41, 5.74) is 14.1. The Morgan fingerprint density at radius 3 is 1.00 bits per heavy atom. The van der Waals surface area contributed by atoms with Crippen molar-refractivity contribution in [2.45, 2.75) is 26.7 Å². The highest BCUT2D eigenvalue weighted by Gasteiger charge is 2.20. The summed E-state index contributed by atoms with van der Waals surface area (Å²) >= 11 is 0. The van der Waals surface area contributed by atoms with E-state index >= 15 is 0 Å². The molecular formula is C58H56BFN2O4. The lowest BCUT2D eigenvalue weighted by Gasteiger charge is -2.13. The van der Waals surface area contributed by atoms with Gasteiger partial charge in [0.15, 0.2) is 0 Å². The fourth-order valence-corrected chi connectivity index (χ4v) is 7.34. The molecule has 0 fully saturated rings. The van der Waals surface area contributed by atoms with E-state index in [4.69, 9.17) is 18.9 Å². The summed E-state index contributed by atoms with van der Waals surface area (Å²) in [6.45, 7) is 4.37. The molecule has 8 aromatic rings. The van der Waals surface area contributed by atoms with Gasteiger partial charge >= 0.3 is 23.0 Å². The standard InChI is InChI=1S/2C29H28NO.BFO2/c2*1-4-22(24-15-17-27(18-16-24)30(2)3)19-28-20-26(23-11-7-5-8-12-23)21-29(31-28)25-13-9-6-10-14-25;2-1(3)4/h2*5-21H,4H2,1-3H3;/q2*+1;-2/b2*22-19+;. The molecule has 0 bridgehead atoms. The molecule has 0 N–H and O–H groups in total. The molecule has 0 unspecified atom stereocenters. The normalized spacial score (nSPS) is 11.1. The lowest BCUT2D eigenvalue weighted by molar-refractivity contribution is -0.366. The van der Waals surface area contributed by atoms with E-state index in [1.807, 2.05) is 48.5 Å². The molecule has 0 radical (unpaired) electrons. The quantitative estimate of drug-likeness (QED) is 0.0899. The molecule has 66 heavy (non-hydrogen) atoms. The van der Waals surface area contributed by atoms with E-state index in [0.717, 1.165) is 58.1 Å². The van der Waals surface area contributed by atoms with Crippen molar-refractivity contribution in [3.63, 3.8) is 0 Å². The largest absolute Gasteiger partial charge is 0.867 e. The lowest BCUT2D eigenvalue weighted by Crippen LogP contribution is -2.39. The molecule has 0 saturated heterocycles. The van der Waals surface area contributed by atoms with Crippen LogP contribution >= 0.6 is 0 Å². The first kappa shape index (κ1) is 48.1. The number of nitrogens with zero attached hydrogens (tertiary/aromatic N) is 2. The first-order valence-electron chi connectivity index (χ1n) is 22.1. The number of hydrogen-bond donors (Lipinski definition) is 0. The average Bonchev–Trinajstić information content (AvgIpc) is 3.36. The third-order valence-corrected chi connectivity index (χ3v) is 10.9. The van der Waals surface area contributed by atoms with E-state index in [9.17, 15) is 4.32 Å². The molecule has 0 aliphatic heterocycles. The second-order valence-electron chi connectivity index (χ2n) is 15.9. The summed E-state index contributed by atoms with van der Waals surface area (Å²) in [6, 6.07) is 67.4. The second kappa shape index (κ2) is 24.1. The highest BCUT2D eigenvalue weighted by Crippen LogP contribution is 2.33. The van der Waals surface area contributed by atoms with Crippen LogP contribution in [0.25, 0.3) is 68.2 Å². The van der Waals surface area contributed by atoms with Crippen LogP contribution in [0.4, 0.5) is 15.7 Å². The van der Waals surface area contributed by atoms with Gasteiger partial charge in [-0.15, -0.1) is 0 Å². The molecule has 332 valence electrons. The Bertz CT molecular complexity index is 2470. The maximum Gasteiger partial charge on any atom is 0.361 e. The van der Waals surface area contributed by atoms with Gasteiger partial charge in [0.2, 0.25) is 0 Å². The van der Waals surface area contributed by atoms with Gasteiger partial charge in [0.1, 0.15) is 7.40 Å². The molecular weight excluding hydrogens is 818 g/mol. The van der Waals surface area contributed by atoms with E-state index in [0.29, 0.717) is 0 Å². The van der Waals surface area contributed by atoms with Crippen LogP contribution in [0.3, 0.4) is 0 Å². The molecule has 6 aromatic carbocycles. The first-order valence-corrected chi connectivity index (χ1v) is 22.1. The summed E-state index contributed by atoms with van der Waals surface area (Å²) in [4.78, 5) is 4.23. The zero-order valence-electron chi connectivity index (χ0n) is 38.5. The van der Waals surface area contributed by atoms with E-state index in [-0.39, 0.29) is 0 Å². The minimum atomic E-state index is -3.17. The van der Waals surface area contributed by atoms with Crippen LogP contribution in [0.1, 0.15) is 49.3 Å². The smallest absolute Gasteiger partial charge is 0.361 e. The molecule has 0 aliphatic carbocycles. The Morgan fingerprint density at radius 2 is 0.727 bits per heavy atom. The zero-order chi connectivity index (χ0) is 46.8. The molecule has 0 amide bonds. The van der Waals surface area contributed by atoms with Crippen LogP contribution in [-0.4, -0.2) is 35.6 Å². The van der Waals surface area contributed by atoms with Crippen molar-refractivity contribution in [3.05, 3.63) is 217 Å². The maximum absolute atomic E-state index is 9.89. The Morgan fingerprint density at radius 1 is 0.439 bits per heavy atom. The van der Waals surface area contributed by atoms with Crippen LogP contribution in [-0.2, 0) is 0 Å². The predicted octanol–water partition coefficient (Wildman–Crippen LogP) is 13.5. The fraction of sp³-hybridized carbons (Fsp3) is 0.138. The summed E-state index contributed by atoms with van der Waals surface area (Å²) in [5, 5.41) is 16.6. The summed E-state index contributed by atoms with van der Waals surface area (Å²) in [6.07, 6.45) is 6.19. The van der Waals surface area contributed by atoms with Gasteiger partial charge in [0.05, 0.1) is 35.4 Å².